The van der Waals surface area contributed by atoms with Crippen LogP contribution in [0.3, 0.4) is 0 Å². The van der Waals surface area contributed by atoms with Crippen LogP contribution in [-0.2, 0) is 16.4 Å². The summed E-state index contributed by atoms with van der Waals surface area (Å²) in [5.74, 6) is -0.0757. The molecule has 4 rings (SSSR count). The molecular weight excluding hydrogens is 384 g/mol. The lowest BCUT2D eigenvalue weighted by molar-refractivity contribution is 0.0989. The molecule has 1 N–H and O–H groups in total. The molecule has 0 bridgehead atoms. The molecule has 0 aliphatic carbocycles. The van der Waals surface area contributed by atoms with Gasteiger partial charge in [-0.2, -0.15) is 0 Å². The molecule has 148 valence electrons. The fraction of sp³-hybridized carbons (Fsp3) is 0.174. The molecule has 0 saturated heterocycles. The number of hydrogen-bond acceptors (Lipinski definition) is 3. The predicted molar refractivity (Wildman–Crippen MR) is 115 cm³/mol. The lowest BCUT2D eigenvalue weighted by atomic mass is 10.1. The summed E-state index contributed by atoms with van der Waals surface area (Å²) in [4.78, 5) is 14.7. The average Bonchev–Trinajstić information content (AvgIpc) is 3.14. The minimum absolute atomic E-state index is 0.0757. The van der Waals surface area contributed by atoms with E-state index in [1.165, 1.54) is 0 Å². The van der Waals surface area contributed by atoms with Gasteiger partial charge < -0.3 is 4.90 Å². The Morgan fingerprint density at radius 3 is 2.41 bits per heavy atom. The first-order valence-corrected chi connectivity index (χ1v) is 10.9. The molecule has 0 fully saturated rings. The van der Waals surface area contributed by atoms with Crippen LogP contribution in [0.1, 0.15) is 27.0 Å². The van der Waals surface area contributed by atoms with Gasteiger partial charge in [-0.05, 0) is 79.4 Å². The van der Waals surface area contributed by atoms with E-state index in [1.54, 1.807) is 41.3 Å². The smallest absolute Gasteiger partial charge is 0.261 e. The zero-order chi connectivity index (χ0) is 20.6. The van der Waals surface area contributed by atoms with Gasteiger partial charge in [-0.25, -0.2) is 8.42 Å². The summed E-state index contributed by atoms with van der Waals surface area (Å²) < 4.78 is 28.3. The van der Waals surface area contributed by atoms with Gasteiger partial charge in [0.2, 0.25) is 0 Å². The zero-order valence-corrected chi connectivity index (χ0v) is 17.2. The quantitative estimate of drug-likeness (QED) is 0.702. The fourth-order valence-corrected chi connectivity index (χ4v) is 4.61. The molecule has 0 aromatic heterocycles. The van der Waals surface area contributed by atoms with E-state index in [1.807, 2.05) is 44.2 Å². The number of sulfonamides is 1. The van der Waals surface area contributed by atoms with E-state index in [0.29, 0.717) is 24.2 Å². The van der Waals surface area contributed by atoms with E-state index < -0.39 is 10.0 Å². The topological polar surface area (TPSA) is 66.5 Å². The van der Waals surface area contributed by atoms with E-state index in [9.17, 15) is 13.2 Å². The van der Waals surface area contributed by atoms with E-state index >= 15 is 0 Å². The Morgan fingerprint density at radius 2 is 1.69 bits per heavy atom. The van der Waals surface area contributed by atoms with Gasteiger partial charge in [-0.15, -0.1) is 0 Å². The normalized spacial score (nSPS) is 13.2. The minimum atomic E-state index is -3.71. The van der Waals surface area contributed by atoms with Gasteiger partial charge in [0.05, 0.1) is 4.90 Å². The molecule has 29 heavy (non-hydrogen) atoms. The number of nitrogens with one attached hydrogen (secondary N) is 1. The Bertz CT molecular complexity index is 1190. The van der Waals surface area contributed by atoms with Gasteiger partial charge in [0, 0.05) is 23.5 Å². The van der Waals surface area contributed by atoms with Crippen molar-refractivity contribution < 1.29 is 13.2 Å². The summed E-state index contributed by atoms with van der Waals surface area (Å²) in [5.41, 5.74) is 4.91. The average molecular weight is 407 g/mol. The second-order valence-electron chi connectivity index (χ2n) is 7.27. The second-order valence-corrected chi connectivity index (χ2v) is 8.95. The Labute approximate surface area is 171 Å². The number of aryl methyl sites for hydroxylation is 2. The van der Waals surface area contributed by atoms with Crippen LogP contribution in [0.4, 0.5) is 11.4 Å². The van der Waals surface area contributed by atoms with Crippen molar-refractivity contribution in [1.29, 1.82) is 0 Å². The fourth-order valence-electron chi connectivity index (χ4n) is 3.51. The molecule has 1 heterocycles. The highest BCUT2D eigenvalue weighted by Gasteiger charge is 2.27. The first-order chi connectivity index (χ1) is 13.8. The lowest BCUT2D eigenvalue weighted by Gasteiger charge is -2.18. The zero-order valence-electron chi connectivity index (χ0n) is 16.3. The molecule has 3 aromatic carbocycles. The number of amides is 1. The molecule has 0 atom stereocenters. The molecule has 0 radical (unpaired) electrons. The van der Waals surface area contributed by atoms with Gasteiger partial charge in [-0.3, -0.25) is 9.52 Å². The van der Waals surface area contributed by atoms with E-state index in [2.05, 4.69) is 4.72 Å². The number of nitrogens with zero attached hydrogens (tertiary/aromatic N) is 1. The molecule has 1 aliphatic rings. The van der Waals surface area contributed by atoms with Gasteiger partial charge in [0.1, 0.15) is 0 Å². The van der Waals surface area contributed by atoms with Crippen molar-refractivity contribution in [3.8, 4) is 0 Å². The third-order valence-corrected chi connectivity index (χ3v) is 6.66. The maximum atomic E-state index is 12.8. The maximum absolute atomic E-state index is 12.8. The number of fused-ring (bicyclic) bond motifs is 1. The van der Waals surface area contributed by atoms with Crippen LogP contribution in [0, 0.1) is 13.8 Å². The summed E-state index contributed by atoms with van der Waals surface area (Å²) in [6.45, 7) is 4.47. The van der Waals surface area contributed by atoms with E-state index in [4.69, 9.17) is 0 Å². The van der Waals surface area contributed by atoms with Crippen LogP contribution in [-0.4, -0.2) is 20.9 Å². The van der Waals surface area contributed by atoms with Crippen LogP contribution >= 0.6 is 0 Å². The highest BCUT2D eigenvalue weighted by molar-refractivity contribution is 7.92. The molecule has 0 saturated carbocycles. The summed E-state index contributed by atoms with van der Waals surface area (Å²) >= 11 is 0. The van der Waals surface area contributed by atoms with E-state index in [0.717, 1.165) is 22.4 Å². The van der Waals surface area contributed by atoms with Crippen molar-refractivity contribution in [2.24, 2.45) is 0 Å². The van der Waals surface area contributed by atoms with Crippen LogP contribution in [0.2, 0.25) is 0 Å². The Balaban J connectivity index is 1.60. The van der Waals surface area contributed by atoms with Crippen LogP contribution < -0.4 is 9.62 Å². The monoisotopic (exact) mass is 406 g/mol. The van der Waals surface area contributed by atoms with Crippen molar-refractivity contribution in [2.45, 2.75) is 25.2 Å². The molecule has 1 aliphatic heterocycles. The number of hydrogen-bond donors (Lipinski definition) is 1. The summed E-state index contributed by atoms with van der Waals surface area (Å²) in [7, 11) is -3.71. The highest BCUT2D eigenvalue weighted by atomic mass is 32.2. The summed E-state index contributed by atoms with van der Waals surface area (Å²) in [6, 6.07) is 19.5. The van der Waals surface area contributed by atoms with Gasteiger partial charge in [0.15, 0.2) is 0 Å². The maximum Gasteiger partial charge on any atom is 0.261 e. The predicted octanol–water partition coefficient (Wildman–Crippen LogP) is 4.31. The number of carbonyl (C=O) groups excluding carboxylic acids is 1. The highest BCUT2D eigenvalue weighted by Crippen LogP contribution is 2.32. The second kappa shape index (κ2) is 7.37. The number of carbonyl (C=O) groups is 1. The Morgan fingerprint density at radius 1 is 0.931 bits per heavy atom. The van der Waals surface area contributed by atoms with Crippen molar-refractivity contribution in [2.75, 3.05) is 16.2 Å². The third-order valence-electron chi connectivity index (χ3n) is 5.28. The Hall–Kier alpha value is -3.12. The number of benzene rings is 3. The van der Waals surface area contributed by atoms with Crippen molar-refractivity contribution in [3.63, 3.8) is 0 Å². The molecule has 3 aromatic rings. The summed E-state index contributed by atoms with van der Waals surface area (Å²) in [5, 5.41) is 0. The number of rotatable bonds is 4. The van der Waals surface area contributed by atoms with Crippen molar-refractivity contribution in [3.05, 3.63) is 89.0 Å². The molecule has 5 nitrogen and oxygen atoms in total. The van der Waals surface area contributed by atoms with Crippen LogP contribution in [0.15, 0.2) is 71.6 Å². The summed E-state index contributed by atoms with van der Waals surface area (Å²) in [6.07, 6.45) is 0.626. The Kier molecular flexibility index (Phi) is 4.88. The standard InChI is InChI=1S/C23H22N2O3S/c1-16-8-9-20(14-17(16)2)24-29(27,28)21-10-11-22-19(15-21)12-13-25(22)23(26)18-6-4-3-5-7-18/h3-11,14-15,24H,12-13H2,1-2H3. The van der Waals surface area contributed by atoms with Gasteiger partial charge in [-0.1, -0.05) is 24.3 Å². The van der Waals surface area contributed by atoms with Gasteiger partial charge >= 0.3 is 0 Å². The molecular formula is C23H22N2O3S. The largest absolute Gasteiger partial charge is 0.308 e. The van der Waals surface area contributed by atoms with Gasteiger partial charge in [0.25, 0.3) is 15.9 Å². The van der Waals surface area contributed by atoms with Crippen molar-refractivity contribution in [1.82, 2.24) is 0 Å². The first-order valence-electron chi connectivity index (χ1n) is 9.45. The molecule has 0 spiro atoms. The SMILES string of the molecule is Cc1ccc(NS(=O)(=O)c2ccc3c(c2)CCN3C(=O)c2ccccc2)cc1C. The molecule has 1 amide bonds. The number of anilines is 2. The molecule has 0 unspecified atom stereocenters. The van der Waals surface area contributed by atoms with Crippen LogP contribution in [0.25, 0.3) is 0 Å². The minimum Gasteiger partial charge on any atom is -0.308 e. The van der Waals surface area contributed by atoms with Crippen molar-refractivity contribution >= 4 is 27.3 Å². The lowest BCUT2D eigenvalue weighted by Crippen LogP contribution is -2.28. The van der Waals surface area contributed by atoms with Crippen LogP contribution in [0.5, 0.6) is 0 Å². The van der Waals surface area contributed by atoms with E-state index in [-0.39, 0.29) is 10.8 Å². The first kappa shape index (κ1) is 19.2. The third kappa shape index (κ3) is 3.76. The molecule has 6 heteroatoms.